The highest BCUT2D eigenvalue weighted by Gasteiger charge is 2.07. The molecule has 0 bridgehead atoms. The maximum Gasteiger partial charge on any atom is 0.334 e. The molecular weight excluding hydrogens is 343 g/mol. The van der Waals surface area contributed by atoms with E-state index < -0.39 is 5.97 Å². The van der Waals surface area contributed by atoms with Crippen LogP contribution in [0.4, 0.5) is 0 Å². The number of hydrogen-bond donors (Lipinski definition) is 0. The van der Waals surface area contributed by atoms with Gasteiger partial charge in [-0.25, -0.2) is 4.79 Å². The first-order valence-electron chi connectivity index (χ1n) is 5.13. The van der Waals surface area contributed by atoms with Gasteiger partial charge in [-0.1, -0.05) is 39.1 Å². The summed E-state index contributed by atoms with van der Waals surface area (Å²) in [7, 11) is 0. The lowest BCUT2D eigenvalue weighted by atomic mass is 10.3. The molecule has 1 aromatic carbocycles. The van der Waals surface area contributed by atoms with Crippen LogP contribution in [0.1, 0.15) is 6.92 Å². The molecule has 0 aliphatic heterocycles. The van der Waals surface area contributed by atoms with Gasteiger partial charge in [0.2, 0.25) is 0 Å². The van der Waals surface area contributed by atoms with Crippen LogP contribution in [0, 0.1) is 0 Å². The van der Waals surface area contributed by atoms with E-state index >= 15 is 0 Å². The van der Waals surface area contributed by atoms with E-state index in [1.807, 2.05) is 0 Å². The molecule has 0 aliphatic rings. The van der Waals surface area contributed by atoms with Crippen molar-refractivity contribution >= 4 is 45.1 Å². The Labute approximate surface area is 124 Å². The van der Waals surface area contributed by atoms with Crippen molar-refractivity contribution < 1.29 is 14.3 Å². The standard InChI is InChI=1S/C12H11BrCl2O3/c1-2-17-12(16)6-9(7-13)18-11-4-3-8(14)5-10(11)15/h3-6H,2,7H2,1H3. The van der Waals surface area contributed by atoms with Crippen LogP contribution in [0.5, 0.6) is 5.75 Å². The van der Waals surface area contributed by atoms with Crippen LogP contribution < -0.4 is 4.74 Å². The van der Waals surface area contributed by atoms with Gasteiger partial charge in [-0.05, 0) is 25.1 Å². The number of esters is 1. The van der Waals surface area contributed by atoms with Crippen LogP contribution in [-0.4, -0.2) is 17.9 Å². The van der Waals surface area contributed by atoms with Crippen LogP contribution in [0.25, 0.3) is 0 Å². The molecule has 0 saturated carbocycles. The zero-order chi connectivity index (χ0) is 13.5. The molecular formula is C12H11BrCl2O3. The molecule has 0 spiro atoms. The predicted molar refractivity (Wildman–Crippen MR) is 75.6 cm³/mol. The van der Waals surface area contributed by atoms with E-state index in [-0.39, 0.29) is 0 Å². The van der Waals surface area contributed by atoms with Gasteiger partial charge in [-0.15, -0.1) is 0 Å². The second-order valence-electron chi connectivity index (χ2n) is 3.17. The molecule has 1 rings (SSSR count). The maximum atomic E-state index is 11.3. The molecule has 0 amide bonds. The first-order chi connectivity index (χ1) is 8.56. The Morgan fingerprint density at radius 2 is 2.17 bits per heavy atom. The monoisotopic (exact) mass is 352 g/mol. The number of benzene rings is 1. The van der Waals surface area contributed by atoms with Crippen LogP contribution in [0.15, 0.2) is 30.0 Å². The number of carbonyl (C=O) groups excluding carboxylic acids is 1. The largest absolute Gasteiger partial charge is 0.463 e. The van der Waals surface area contributed by atoms with Crippen molar-refractivity contribution in [2.24, 2.45) is 0 Å². The molecule has 0 radical (unpaired) electrons. The second kappa shape index (κ2) is 7.67. The summed E-state index contributed by atoms with van der Waals surface area (Å²) >= 11 is 15.0. The van der Waals surface area contributed by atoms with Crippen molar-refractivity contribution in [3.05, 3.63) is 40.1 Å². The lowest BCUT2D eigenvalue weighted by Crippen LogP contribution is -2.05. The molecule has 0 aromatic heterocycles. The van der Waals surface area contributed by atoms with Gasteiger partial charge in [0.05, 0.1) is 23.0 Å². The quantitative estimate of drug-likeness (QED) is 0.344. The van der Waals surface area contributed by atoms with E-state index in [1.165, 1.54) is 6.08 Å². The van der Waals surface area contributed by atoms with Crippen molar-refractivity contribution in [1.29, 1.82) is 0 Å². The highest BCUT2D eigenvalue weighted by atomic mass is 79.9. The van der Waals surface area contributed by atoms with E-state index in [0.29, 0.717) is 33.5 Å². The first-order valence-corrected chi connectivity index (χ1v) is 7.00. The van der Waals surface area contributed by atoms with Crippen molar-refractivity contribution in [3.8, 4) is 5.75 Å². The molecule has 0 fully saturated rings. The third-order valence-electron chi connectivity index (χ3n) is 1.83. The molecule has 6 heteroatoms. The smallest absolute Gasteiger partial charge is 0.334 e. The molecule has 0 unspecified atom stereocenters. The summed E-state index contributed by atoms with van der Waals surface area (Å²) < 4.78 is 10.3. The fourth-order valence-corrected chi connectivity index (χ4v) is 1.83. The van der Waals surface area contributed by atoms with Gasteiger partial charge in [0, 0.05) is 5.02 Å². The van der Waals surface area contributed by atoms with Gasteiger partial charge in [-0.3, -0.25) is 0 Å². The number of halogens is 3. The van der Waals surface area contributed by atoms with Crippen molar-refractivity contribution in [1.82, 2.24) is 0 Å². The topological polar surface area (TPSA) is 35.5 Å². The van der Waals surface area contributed by atoms with Crippen LogP contribution >= 0.6 is 39.1 Å². The number of ether oxygens (including phenoxy) is 2. The summed E-state index contributed by atoms with van der Waals surface area (Å²) in [5.74, 6) is 0.366. The van der Waals surface area contributed by atoms with Gasteiger partial charge in [-0.2, -0.15) is 0 Å². The van der Waals surface area contributed by atoms with E-state index in [2.05, 4.69) is 15.9 Å². The van der Waals surface area contributed by atoms with Gasteiger partial charge >= 0.3 is 5.97 Å². The minimum Gasteiger partial charge on any atom is -0.463 e. The Kier molecular flexibility index (Phi) is 6.54. The number of rotatable bonds is 5. The number of alkyl halides is 1. The van der Waals surface area contributed by atoms with Crippen LogP contribution in [0.3, 0.4) is 0 Å². The zero-order valence-electron chi connectivity index (χ0n) is 9.58. The molecule has 0 saturated heterocycles. The molecule has 0 atom stereocenters. The molecule has 3 nitrogen and oxygen atoms in total. The van der Waals surface area contributed by atoms with Crippen LogP contribution in [-0.2, 0) is 9.53 Å². The molecule has 0 N–H and O–H groups in total. The SMILES string of the molecule is CCOC(=O)C=C(CBr)Oc1ccc(Cl)cc1Cl. The Balaban J connectivity index is 2.82. The van der Waals surface area contributed by atoms with E-state index in [4.69, 9.17) is 32.7 Å². The van der Waals surface area contributed by atoms with Gasteiger partial charge < -0.3 is 9.47 Å². The third kappa shape index (κ3) is 4.88. The van der Waals surface area contributed by atoms with E-state index in [0.717, 1.165) is 0 Å². The summed E-state index contributed by atoms with van der Waals surface area (Å²) in [6.07, 6.45) is 1.27. The Morgan fingerprint density at radius 1 is 1.44 bits per heavy atom. The molecule has 0 aliphatic carbocycles. The summed E-state index contributed by atoms with van der Waals surface area (Å²) in [6, 6.07) is 4.85. The summed E-state index contributed by atoms with van der Waals surface area (Å²) in [5, 5.41) is 1.26. The number of carbonyl (C=O) groups is 1. The first kappa shape index (κ1) is 15.3. The predicted octanol–water partition coefficient (Wildman–Crippen LogP) is 4.21. The van der Waals surface area contributed by atoms with Gasteiger partial charge in [0.15, 0.2) is 0 Å². The molecule has 18 heavy (non-hydrogen) atoms. The van der Waals surface area contributed by atoms with Crippen molar-refractivity contribution in [2.75, 3.05) is 11.9 Å². The van der Waals surface area contributed by atoms with E-state index in [1.54, 1.807) is 25.1 Å². The average Bonchev–Trinajstić information content (AvgIpc) is 2.31. The average molecular weight is 354 g/mol. The Bertz CT molecular complexity index is 461. The van der Waals surface area contributed by atoms with E-state index in [9.17, 15) is 4.79 Å². The molecule has 98 valence electrons. The Morgan fingerprint density at radius 3 is 2.72 bits per heavy atom. The van der Waals surface area contributed by atoms with Crippen molar-refractivity contribution in [2.45, 2.75) is 6.92 Å². The fraction of sp³-hybridized carbons (Fsp3) is 0.250. The highest BCUT2D eigenvalue weighted by molar-refractivity contribution is 9.09. The highest BCUT2D eigenvalue weighted by Crippen LogP contribution is 2.29. The normalized spacial score (nSPS) is 11.2. The number of hydrogen-bond acceptors (Lipinski definition) is 3. The number of allylic oxidation sites excluding steroid dienone is 1. The zero-order valence-corrected chi connectivity index (χ0v) is 12.7. The molecule has 0 heterocycles. The summed E-state index contributed by atoms with van der Waals surface area (Å²) in [4.78, 5) is 11.3. The minimum atomic E-state index is -0.461. The van der Waals surface area contributed by atoms with Crippen molar-refractivity contribution in [3.63, 3.8) is 0 Å². The lowest BCUT2D eigenvalue weighted by Gasteiger charge is -2.09. The summed E-state index contributed by atoms with van der Waals surface area (Å²) in [5.41, 5.74) is 0. The van der Waals surface area contributed by atoms with Gasteiger partial charge in [0.25, 0.3) is 0 Å². The Hall–Kier alpha value is -0.710. The fourth-order valence-electron chi connectivity index (χ4n) is 1.11. The van der Waals surface area contributed by atoms with Crippen LogP contribution in [0.2, 0.25) is 10.0 Å². The maximum absolute atomic E-state index is 11.3. The molecule has 1 aromatic rings. The summed E-state index contributed by atoms with van der Waals surface area (Å²) in [6.45, 7) is 2.04. The van der Waals surface area contributed by atoms with Gasteiger partial charge in [0.1, 0.15) is 11.5 Å². The second-order valence-corrected chi connectivity index (χ2v) is 4.58. The minimum absolute atomic E-state index is 0.312. The lowest BCUT2D eigenvalue weighted by molar-refractivity contribution is -0.137. The third-order valence-corrected chi connectivity index (χ3v) is 2.92.